The molecule has 1 aliphatic rings. The Bertz CT molecular complexity index is 663. The van der Waals surface area contributed by atoms with Gasteiger partial charge in [-0.25, -0.2) is 4.39 Å². The van der Waals surface area contributed by atoms with E-state index < -0.39 is 22.6 Å². The number of halogens is 2. The van der Waals surface area contributed by atoms with Crippen molar-refractivity contribution in [1.82, 2.24) is 0 Å². The molecule has 1 saturated carbocycles. The van der Waals surface area contributed by atoms with Gasteiger partial charge in [0.05, 0.1) is 30.2 Å². The van der Waals surface area contributed by atoms with Crippen LogP contribution in [0.4, 0.5) is 4.39 Å². The van der Waals surface area contributed by atoms with Crippen LogP contribution in [0.25, 0.3) is 0 Å². The molecule has 0 heterocycles. The van der Waals surface area contributed by atoms with Crippen LogP contribution in [0.3, 0.4) is 0 Å². The molecule has 4 nitrogen and oxygen atoms in total. The number of nitriles is 4. The molecule has 1 fully saturated rings. The first-order valence-corrected chi connectivity index (χ1v) is 5.92. The SMILES string of the molecule is N#CC1(C#N)C(c2cc(Br)ccc2F)C1(C#N)C#N. The van der Waals surface area contributed by atoms with Crippen molar-refractivity contribution in [3.63, 3.8) is 0 Å². The van der Waals surface area contributed by atoms with Gasteiger partial charge in [-0.2, -0.15) is 21.0 Å². The summed E-state index contributed by atoms with van der Waals surface area (Å²) in [7, 11) is 0. The third-order valence-corrected chi connectivity index (χ3v) is 3.87. The van der Waals surface area contributed by atoms with Crippen LogP contribution in [-0.2, 0) is 0 Å². The molecular weight excluding hydrogens is 311 g/mol. The summed E-state index contributed by atoms with van der Waals surface area (Å²) >= 11 is 3.16. The standard InChI is InChI=1S/C13H4BrFN4/c14-8-1-2-10(15)9(3-8)11-12(4-16,5-17)13(11,6-18)7-19/h1-3,11H. The van der Waals surface area contributed by atoms with Crippen molar-refractivity contribution in [2.75, 3.05) is 0 Å². The molecule has 0 unspecified atom stereocenters. The molecule has 0 spiro atoms. The fourth-order valence-electron chi connectivity index (χ4n) is 2.34. The van der Waals surface area contributed by atoms with Gasteiger partial charge in [-0.1, -0.05) is 15.9 Å². The third-order valence-electron chi connectivity index (χ3n) is 3.38. The maximum atomic E-state index is 13.8. The fraction of sp³-hybridized carbons (Fsp3) is 0.231. The van der Waals surface area contributed by atoms with Crippen LogP contribution in [0.15, 0.2) is 22.7 Å². The van der Waals surface area contributed by atoms with Crippen LogP contribution in [0.5, 0.6) is 0 Å². The monoisotopic (exact) mass is 314 g/mol. The third kappa shape index (κ3) is 1.39. The summed E-state index contributed by atoms with van der Waals surface area (Å²) in [6.07, 6.45) is 0. The van der Waals surface area contributed by atoms with E-state index >= 15 is 0 Å². The number of nitrogens with zero attached hydrogens (tertiary/aromatic N) is 4. The zero-order chi connectivity index (χ0) is 14.3. The van der Waals surface area contributed by atoms with Gasteiger partial charge in [-0.15, -0.1) is 0 Å². The van der Waals surface area contributed by atoms with E-state index in [1.165, 1.54) is 12.1 Å². The molecule has 0 bridgehead atoms. The fourth-order valence-corrected chi connectivity index (χ4v) is 2.72. The van der Waals surface area contributed by atoms with E-state index in [1.807, 2.05) is 0 Å². The highest BCUT2D eigenvalue weighted by atomic mass is 79.9. The van der Waals surface area contributed by atoms with Crippen LogP contribution < -0.4 is 0 Å². The lowest BCUT2D eigenvalue weighted by Gasteiger charge is -2.02. The lowest BCUT2D eigenvalue weighted by atomic mass is 9.98. The molecule has 0 aliphatic heterocycles. The van der Waals surface area contributed by atoms with E-state index in [0.717, 1.165) is 6.07 Å². The molecular formula is C13H4BrFN4. The van der Waals surface area contributed by atoms with Gasteiger partial charge in [-0.3, -0.25) is 0 Å². The summed E-state index contributed by atoms with van der Waals surface area (Å²) in [5.74, 6) is -1.71. The van der Waals surface area contributed by atoms with E-state index in [4.69, 9.17) is 21.0 Å². The Balaban J connectivity index is 2.69. The van der Waals surface area contributed by atoms with E-state index in [0.29, 0.717) is 4.47 Å². The molecule has 0 amide bonds. The zero-order valence-electron chi connectivity index (χ0n) is 9.35. The van der Waals surface area contributed by atoms with Gasteiger partial charge in [0.15, 0.2) is 10.8 Å². The highest BCUT2D eigenvalue weighted by molar-refractivity contribution is 9.10. The molecule has 0 aromatic heterocycles. The quantitative estimate of drug-likeness (QED) is 0.796. The molecule has 1 aliphatic carbocycles. The van der Waals surface area contributed by atoms with Crippen LogP contribution in [0, 0.1) is 62.0 Å². The minimum Gasteiger partial charge on any atom is -0.207 e. The lowest BCUT2D eigenvalue weighted by molar-refractivity contribution is 0.603. The first kappa shape index (κ1) is 13.0. The zero-order valence-corrected chi connectivity index (χ0v) is 10.9. The Morgan fingerprint density at radius 1 is 1.00 bits per heavy atom. The van der Waals surface area contributed by atoms with Gasteiger partial charge in [0.25, 0.3) is 0 Å². The first-order valence-electron chi connectivity index (χ1n) is 5.13. The van der Waals surface area contributed by atoms with Crippen molar-refractivity contribution < 1.29 is 4.39 Å². The highest BCUT2D eigenvalue weighted by Crippen LogP contribution is 2.73. The summed E-state index contributed by atoms with van der Waals surface area (Å²) < 4.78 is 14.4. The first-order chi connectivity index (χ1) is 9.02. The Morgan fingerprint density at radius 2 is 1.47 bits per heavy atom. The summed E-state index contributed by atoms with van der Waals surface area (Å²) in [5.41, 5.74) is -3.61. The van der Waals surface area contributed by atoms with Crippen molar-refractivity contribution in [3.05, 3.63) is 34.1 Å². The molecule has 0 saturated heterocycles. The second-order valence-electron chi connectivity index (χ2n) is 4.16. The van der Waals surface area contributed by atoms with Gasteiger partial charge in [0, 0.05) is 4.47 Å². The topological polar surface area (TPSA) is 95.2 Å². The average molecular weight is 315 g/mol. The lowest BCUT2D eigenvalue weighted by Crippen LogP contribution is -2.05. The van der Waals surface area contributed by atoms with Gasteiger partial charge >= 0.3 is 0 Å². The number of hydrogen-bond acceptors (Lipinski definition) is 4. The Hall–Kier alpha value is -2.41. The maximum absolute atomic E-state index is 13.8. The van der Waals surface area contributed by atoms with Gasteiger partial charge < -0.3 is 0 Å². The van der Waals surface area contributed by atoms with Crippen molar-refractivity contribution in [1.29, 1.82) is 21.0 Å². The van der Waals surface area contributed by atoms with Crippen LogP contribution in [0.2, 0.25) is 0 Å². The van der Waals surface area contributed by atoms with Gasteiger partial charge in [0.1, 0.15) is 5.82 Å². The summed E-state index contributed by atoms with van der Waals surface area (Å²) in [6.45, 7) is 0. The normalized spacial score (nSPS) is 18.4. The van der Waals surface area contributed by atoms with E-state index in [9.17, 15) is 4.39 Å². The molecule has 0 radical (unpaired) electrons. The minimum atomic E-state index is -1.82. The van der Waals surface area contributed by atoms with E-state index in [1.54, 1.807) is 24.3 Å². The second kappa shape index (κ2) is 4.06. The molecule has 1 aromatic rings. The second-order valence-corrected chi connectivity index (χ2v) is 5.08. The molecule has 19 heavy (non-hydrogen) atoms. The van der Waals surface area contributed by atoms with Crippen molar-refractivity contribution in [2.45, 2.75) is 5.92 Å². The molecule has 6 heteroatoms. The summed E-state index contributed by atoms with van der Waals surface area (Å²) in [4.78, 5) is 0. The maximum Gasteiger partial charge on any atom is 0.185 e. The minimum absolute atomic E-state index is 0.0283. The van der Waals surface area contributed by atoms with Crippen molar-refractivity contribution >= 4 is 15.9 Å². The van der Waals surface area contributed by atoms with Crippen LogP contribution in [-0.4, -0.2) is 0 Å². The molecule has 1 aromatic carbocycles. The summed E-state index contributed by atoms with van der Waals surface area (Å²) in [6, 6.07) is 10.8. The summed E-state index contributed by atoms with van der Waals surface area (Å²) in [5, 5.41) is 36.5. The number of hydrogen-bond donors (Lipinski definition) is 0. The Labute approximate surface area is 117 Å². The largest absolute Gasteiger partial charge is 0.207 e. The average Bonchev–Trinajstić information content (AvgIpc) is 3.04. The Morgan fingerprint density at radius 3 is 1.89 bits per heavy atom. The van der Waals surface area contributed by atoms with Crippen molar-refractivity contribution in [3.8, 4) is 24.3 Å². The Kier molecular flexibility index (Phi) is 2.78. The van der Waals surface area contributed by atoms with E-state index in [-0.39, 0.29) is 5.56 Å². The van der Waals surface area contributed by atoms with Crippen molar-refractivity contribution in [2.24, 2.45) is 10.8 Å². The van der Waals surface area contributed by atoms with Gasteiger partial charge in [-0.05, 0) is 23.8 Å². The molecule has 0 N–H and O–H groups in total. The number of benzene rings is 1. The van der Waals surface area contributed by atoms with Gasteiger partial charge in [0.2, 0.25) is 0 Å². The molecule has 0 atom stereocenters. The number of rotatable bonds is 1. The molecule has 90 valence electrons. The highest BCUT2D eigenvalue weighted by Gasteiger charge is 2.82. The predicted octanol–water partition coefficient (Wildman–Crippen LogP) is 2.75. The smallest absolute Gasteiger partial charge is 0.185 e. The van der Waals surface area contributed by atoms with Crippen LogP contribution in [0.1, 0.15) is 11.5 Å². The van der Waals surface area contributed by atoms with Crippen LogP contribution >= 0.6 is 15.9 Å². The predicted molar refractivity (Wildman–Crippen MR) is 64.2 cm³/mol. The molecule has 2 rings (SSSR count). The van der Waals surface area contributed by atoms with E-state index in [2.05, 4.69) is 15.9 Å².